The molecule has 3 N–H and O–H groups in total. The summed E-state index contributed by atoms with van der Waals surface area (Å²) in [5.41, 5.74) is 0. The number of amides is 4. The van der Waals surface area contributed by atoms with Crippen molar-refractivity contribution in [2.45, 2.75) is 54.9 Å². The zero-order chi connectivity index (χ0) is 50.4. The van der Waals surface area contributed by atoms with E-state index in [1.54, 1.807) is 48.5 Å². The van der Waals surface area contributed by atoms with Gasteiger partial charge in [-0.1, -0.05) is 11.8 Å². The summed E-state index contributed by atoms with van der Waals surface area (Å²) in [5.74, 6) is -4.70. The molecule has 0 unspecified atom stereocenters. The number of hydrogen-bond donors (Lipinski definition) is 3. The van der Waals surface area contributed by atoms with Crippen LogP contribution in [0.4, 0.5) is 4.79 Å². The fourth-order valence-corrected chi connectivity index (χ4v) is 6.59. The summed E-state index contributed by atoms with van der Waals surface area (Å²) >= 11 is 0.936. The van der Waals surface area contributed by atoms with Crippen LogP contribution in [-0.2, 0) is 71.6 Å². The van der Waals surface area contributed by atoms with Crippen LogP contribution in [0.1, 0.15) is 54.9 Å². The number of nitrogens with one attached hydrogen (secondary N) is 3. The molecular formula is C42H74N8O16S. The Kier molecular flexibility index (Phi) is 36.0. The smallest absolute Gasteiger partial charge is 0.320 e. The maximum Gasteiger partial charge on any atom is 0.320 e. The van der Waals surface area contributed by atoms with Gasteiger partial charge in [-0.05, 0) is 48.5 Å². The molecule has 0 spiro atoms. The van der Waals surface area contributed by atoms with Crippen LogP contribution in [0.15, 0.2) is 0 Å². The number of hydrogen-bond acceptors (Lipinski definition) is 21. The normalized spacial score (nSPS) is 10.9. The first kappa shape index (κ1) is 61.9. The van der Waals surface area contributed by atoms with Crippen LogP contribution in [0.5, 0.6) is 0 Å². The van der Waals surface area contributed by atoms with Gasteiger partial charge in [-0.2, -0.15) is 0 Å². The van der Waals surface area contributed by atoms with Crippen molar-refractivity contribution >= 4 is 70.5 Å². The Hall–Kier alpha value is -5.11. The Morgan fingerprint density at radius 1 is 0.388 bits per heavy atom. The number of esters is 6. The highest BCUT2D eigenvalue weighted by Crippen LogP contribution is 2.06. The first-order valence-electron chi connectivity index (χ1n) is 22.6. The van der Waals surface area contributed by atoms with Crippen LogP contribution in [0.3, 0.4) is 0 Å². The minimum absolute atomic E-state index is 0.00273. The molecule has 0 aromatic rings. The van der Waals surface area contributed by atoms with Crippen molar-refractivity contribution in [3.63, 3.8) is 0 Å². The van der Waals surface area contributed by atoms with E-state index in [2.05, 4.69) is 16.0 Å². The molecule has 0 aliphatic carbocycles. The second-order valence-corrected chi connectivity index (χ2v) is 15.2. The molecular weight excluding hydrogens is 905 g/mol. The molecule has 0 heterocycles. The maximum absolute atomic E-state index is 13.4. The average Bonchev–Trinajstić information content (AvgIpc) is 3.24. The molecule has 0 aromatic carbocycles. The van der Waals surface area contributed by atoms with Crippen LogP contribution in [-0.4, -0.2) is 240 Å². The summed E-state index contributed by atoms with van der Waals surface area (Å²) in [7, 11) is 0. The number of carbonyl (C=O) groups excluding carboxylic acids is 10. The van der Waals surface area contributed by atoms with E-state index in [0.29, 0.717) is 6.54 Å². The fraction of sp³-hybridized carbons (Fsp3) is 0.762. The van der Waals surface area contributed by atoms with Gasteiger partial charge in [-0.3, -0.25) is 67.5 Å². The zero-order valence-corrected chi connectivity index (χ0v) is 41.2. The first-order chi connectivity index (χ1) is 32.0. The van der Waals surface area contributed by atoms with E-state index in [1.807, 2.05) is 0 Å². The van der Waals surface area contributed by atoms with Gasteiger partial charge >= 0.3 is 35.8 Å². The third-order valence-corrected chi connectivity index (χ3v) is 9.59. The largest absolute Gasteiger partial charge is 0.465 e. The summed E-state index contributed by atoms with van der Waals surface area (Å²) < 4.78 is 30.3. The summed E-state index contributed by atoms with van der Waals surface area (Å²) in [6, 6.07) is 0. The minimum atomic E-state index is -0.601. The van der Waals surface area contributed by atoms with E-state index in [9.17, 15) is 47.9 Å². The van der Waals surface area contributed by atoms with E-state index >= 15 is 0 Å². The van der Waals surface area contributed by atoms with Gasteiger partial charge in [0.15, 0.2) is 0 Å². The van der Waals surface area contributed by atoms with Crippen LogP contribution in [0.2, 0.25) is 0 Å². The minimum Gasteiger partial charge on any atom is -0.465 e. The van der Waals surface area contributed by atoms with Crippen LogP contribution in [0.25, 0.3) is 0 Å². The second kappa shape index (κ2) is 38.9. The van der Waals surface area contributed by atoms with Gasteiger partial charge in [0.2, 0.25) is 17.7 Å². The topological polar surface area (TPSA) is 278 Å². The lowest BCUT2D eigenvalue weighted by Crippen LogP contribution is -2.48. The van der Waals surface area contributed by atoms with Gasteiger partial charge in [0.1, 0.15) is 0 Å². The highest BCUT2D eigenvalue weighted by atomic mass is 32.2. The van der Waals surface area contributed by atoms with Crippen molar-refractivity contribution in [3.8, 4) is 0 Å². The number of thioether (sulfide) groups is 1. The van der Waals surface area contributed by atoms with Crippen molar-refractivity contribution in [3.05, 3.63) is 0 Å². The molecule has 0 saturated carbocycles. The third-order valence-electron chi connectivity index (χ3n) is 8.78. The quantitative estimate of drug-likeness (QED) is 0.0468. The summed E-state index contributed by atoms with van der Waals surface area (Å²) in [4.78, 5) is 133. The molecule has 0 radical (unpaired) electrons. The zero-order valence-electron chi connectivity index (χ0n) is 40.4. The summed E-state index contributed by atoms with van der Waals surface area (Å²) in [6.07, 6.45) is -0.0352. The lowest BCUT2D eigenvalue weighted by molar-refractivity contribution is -0.150. The first-order valence-corrected chi connectivity index (χ1v) is 23.6. The van der Waals surface area contributed by atoms with Gasteiger partial charge in [0, 0.05) is 71.1 Å². The monoisotopic (exact) mass is 978 g/mol. The maximum atomic E-state index is 13.4. The van der Waals surface area contributed by atoms with Gasteiger partial charge in [0.25, 0.3) is 5.24 Å². The van der Waals surface area contributed by atoms with Gasteiger partial charge in [-0.15, -0.1) is 0 Å². The molecule has 0 bridgehead atoms. The van der Waals surface area contributed by atoms with Crippen molar-refractivity contribution in [2.75, 3.05) is 157 Å². The van der Waals surface area contributed by atoms with Crippen LogP contribution in [0, 0.1) is 0 Å². The number of ether oxygens (including phenoxy) is 6. The van der Waals surface area contributed by atoms with E-state index in [4.69, 9.17) is 28.4 Å². The highest BCUT2D eigenvalue weighted by molar-refractivity contribution is 8.13. The molecule has 4 amide bonds. The van der Waals surface area contributed by atoms with E-state index in [1.165, 1.54) is 24.5 Å². The van der Waals surface area contributed by atoms with Crippen LogP contribution < -0.4 is 16.0 Å². The molecule has 25 heteroatoms. The van der Waals surface area contributed by atoms with E-state index in [0.717, 1.165) is 11.8 Å². The molecule has 384 valence electrons. The Morgan fingerprint density at radius 2 is 0.672 bits per heavy atom. The third kappa shape index (κ3) is 33.1. The standard InChI is InChI=1S/C42H74N8O16S/c1-8-43-42(60)67-24-15-35(53)50(18-16-44-33(51)25-46(27-36(54)61-9-2)20-22-48(29-38(56)63-11-4)30-39(57)64-12-5)19-17-45-34(52)26-47(28-37(55)62-10-3)21-23-49(31-40(58)65-13-6)32-41(59)66-14-7/h8-32H2,1-7H3,(H,43,60)(H,44,51)(H,45,52). The molecule has 0 rings (SSSR count). The van der Waals surface area contributed by atoms with Gasteiger partial charge in [0.05, 0.1) is 92.0 Å². The fourth-order valence-electron chi connectivity index (χ4n) is 5.88. The molecule has 0 aliphatic rings. The number of nitrogens with zero attached hydrogens (tertiary/aromatic N) is 5. The van der Waals surface area contributed by atoms with Crippen LogP contribution >= 0.6 is 11.8 Å². The average molecular weight is 979 g/mol. The second-order valence-electron chi connectivity index (χ2n) is 14.2. The highest BCUT2D eigenvalue weighted by Gasteiger charge is 2.23. The SMILES string of the molecule is CCNC(=O)SCCC(=O)N(CCNC(=O)CN(CCN(CC(=O)OCC)CC(=O)OCC)CC(=O)OCC)CCNC(=O)CN(CCN(CC(=O)OCC)CC(=O)OCC)CC(=O)OCC. The Balaban J connectivity index is 5.90. The number of carbonyl (C=O) groups is 10. The molecule has 0 fully saturated rings. The predicted molar refractivity (Wildman–Crippen MR) is 244 cm³/mol. The van der Waals surface area contributed by atoms with E-state index < -0.39 is 47.6 Å². The molecule has 24 nitrogen and oxygen atoms in total. The van der Waals surface area contributed by atoms with Gasteiger partial charge < -0.3 is 49.3 Å². The molecule has 67 heavy (non-hydrogen) atoms. The van der Waals surface area contributed by atoms with E-state index in [-0.39, 0.29) is 168 Å². The molecule has 0 saturated heterocycles. The van der Waals surface area contributed by atoms with Gasteiger partial charge in [-0.25, -0.2) is 0 Å². The Morgan fingerprint density at radius 3 is 0.940 bits per heavy atom. The number of rotatable bonds is 38. The molecule has 0 aromatic heterocycles. The predicted octanol–water partition coefficient (Wildman–Crippen LogP) is -1.51. The summed E-state index contributed by atoms with van der Waals surface area (Å²) in [6.45, 7) is 10.9. The summed E-state index contributed by atoms with van der Waals surface area (Å²) in [5, 5.41) is 7.82. The molecule has 0 aliphatic heterocycles. The van der Waals surface area contributed by atoms with Crippen molar-refractivity contribution in [1.29, 1.82) is 0 Å². The van der Waals surface area contributed by atoms with Crippen molar-refractivity contribution < 1.29 is 76.4 Å². The van der Waals surface area contributed by atoms with Crippen molar-refractivity contribution in [1.82, 2.24) is 40.4 Å². The molecule has 0 atom stereocenters. The Labute approximate surface area is 398 Å². The lowest BCUT2D eigenvalue weighted by atomic mass is 10.3. The lowest BCUT2D eigenvalue weighted by Gasteiger charge is -2.27. The Bertz CT molecular complexity index is 1410. The van der Waals surface area contributed by atoms with Crippen molar-refractivity contribution in [2.24, 2.45) is 0 Å².